The quantitative estimate of drug-likeness (QED) is 0.866. The summed E-state index contributed by atoms with van der Waals surface area (Å²) in [5.41, 5.74) is 0.377. The van der Waals surface area contributed by atoms with Crippen LogP contribution in [0.1, 0.15) is 27.5 Å². The SMILES string of the molecule is O=C(N[C@H](CN1CCOCC1)c1ccccc1)c1ccc(C(F)(F)F)cc1. The van der Waals surface area contributed by atoms with Crippen LogP contribution in [0.25, 0.3) is 0 Å². The molecule has 0 spiro atoms. The number of carbonyl (C=O) groups is 1. The zero-order valence-electron chi connectivity index (χ0n) is 14.7. The lowest BCUT2D eigenvalue weighted by atomic mass is 10.0. The fourth-order valence-electron chi connectivity index (χ4n) is 3.01. The summed E-state index contributed by atoms with van der Waals surface area (Å²) in [7, 11) is 0. The molecule has 1 amide bonds. The number of hydrogen-bond acceptors (Lipinski definition) is 3. The lowest BCUT2D eigenvalue weighted by Gasteiger charge is -2.31. The normalized spacial score (nSPS) is 16.7. The third kappa shape index (κ3) is 5.30. The van der Waals surface area contributed by atoms with Crippen molar-refractivity contribution in [2.75, 3.05) is 32.8 Å². The number of amides is 1. The van der Waals surface area contributed by atoms with Gasteiger partial charge in [-0.3, -0.25) is 9.69 Å². The van der Waals surface area contributed by atoms with Crippen molar-refractivity contribution in [3.63, 3.8) is 0 Å². The summed E-state index contributed by atoms with van der Waals surface area (Å²) in [5, 5.41) is 2.95. The van der Waals surface area contributed by atoms with Crippen LogP contribution in [-0.4, -0.2) is 43.7 Å². The first-order valence-corrected chi connectivity index (χ1v) is 8.76. The highest BCUT2D eigenvalue weighted by Gasteiger charge is 2.30. The van der Waals surface area contributed by atoms with Crippen molar-refractivity contribution in [2.45, 2.75) is 12.2 Å². The second kappa shape index (κ2) is 8.54. The predicted molar refractivity (Wildman–Crippen MR) is 95.4 cm³/mol. The fourth-order valence-corrected chi connectivity index (χ4v) is 3.01. The number of ether oxygens (including phenoxy) is 1. The van der Waals surface area contributed by atoms with Crippen molar-refractivity contribution in [1.29, 1.82) is 0 Å². The molecule has 7 heteroatoms. The van der Waals surface area contributed by atoms with E-state index in [0.29, 0.717) is 19.8 Å². The molecule has 1 heterocycles. The molecule has 3 rings (SSSR count). The van der Waals surface area contributed by atoms with Gasteiger partial charge in [0, 0.05) is 25.2 Å². The van der Waals surface area contributed by atoms with Crippen LogP contribution >= 0.6 is 0 Å². The summed E-state index contributed by atoms with van der Waals surface area (Å²) in [6.07, 6.45) is -4.42. The average Bonchev–Trinajstić information content (AvgIpc) is 2.68. The molecule has 1 saturated heterocycles. The Bertz CT molecular complexity index is 742. The van der Waals surface area contributed by atoms with Gasteiger partial charge >= 0.3 is 6.18 Å². The first-order chi connectivity index (χ1) is 12.9. The molecule has 4 nitrogen and oxygen atoms in total. The summed E-state index contributed by atoms with van der Waals surface area (Å²) in [5.74, 6) is -0.397. The number of carbonyl (C=O) groups excluding carboxylic acids is 1. The summed E-state index contributed by atoms with van der Waals surface area (Å²) in [4.78, 5) is 14.8. The van der Waals surface area contributed by atoms with Gasteiger partial charge < -0.3 is 10.1 Å². The van der Waals surface area contributed by atoms with Gasteiger partial charge in [-0.2, -0.15) is 13.2 Å². The predicted octanol–water partition coefficient (Wildman–Crippen LogP) is 3.51. The van der Waals surface area contributed by atoms with E-state index in [1.165, 1.54) is 12.1 Å². The Morgan fingerprint density at radius 3 is 2.26 bits per heavy atom. The maximum atomic E-state index is 12.7. The molecule has 27 heavy (non-hydrogen) atoms. The largest absolute Gasteiger partial charge is 0.416 e. The molecule has 0 aromatic heterocycles. The van der Waals surface area contributed by atoms with Crippen LogP contribution in [-0.2, 0) is 10.9 Å². The molecule has 1 atom stereocenters. The van der Waals surface area contributed by atoms with Gasteiger partial charge in [0.1, 0.15) is 0 Å². The maximum Gasteiger partial charge on any atom is 0.416 e. The fraction of sp³-hybridized carbons (Fsp3) is 0.350. The van der Waals surface area contributed by atoms with Gasteiger partial charge in [-0.15, -0.1) is 0 Å². The lowest BCUT2D eigenvalue weighted by Crippen LogP contribution is -2.43. The lowest BCUT2D eigenvalue weighted by molar-refractivity contribution is -0.137. The number of nitrogens with one attached hydrogen (secondary N) is 1. The molecule has 1 fully saturated rings. The van der Waals surface area contributed by atoms with Crippen LogP contribution in [0.15, 0.2) is 54.6 Å². The highest BCUT2D eigenvalue weighted by molar-refractivity contribution is 5.94. The molecule has 2 aromatic rings. The maximum absolute atomic E-state index is 12.7. The zero-order valence-corrected chi connectivity index (χ0v) is 14.7. The van der Waals surface area contributed by atoms with Gasteiger partial charge in [-0.25, -0.2) is 0 Å². The van der Waals surface area contributed by atoms with Crippen LogP contribution in [0, 0.1) is 0 Å². The van der Waals surface area contributed by atoms with Gasteiger partial charge in [-0.05, 0) is 29.8 Å². The summed E-state index contributed by atoms with van der Waals surface area (Å²) in [6.45, 7) is 3.46. The van der Waals surface area contributed by atoms with E-state index in [4.69, 9.17) is 4.74 Å². The minimum atomic E-state index is -4.42. The molecule has 1 N–H and O–H groups in total. The van der Waals surface area contributed by atoms with Crippen molar-refractivity contribution in [2.24, 2.45) is 0 Å². The molecule has 0 aliphatic carbocycles. The van der Waals surface area contributed by atoms with Crippen LogP contribution < -0.4 is 5.32 Å². The van der Waals surface area contributed by atoms with Crippen LogP contribution in [0.2, 0.25) is 0 Å². The zero-order chi connectivity index (χ0) is 19.3. The molecule has 0 saturated carbocycles. The van der Waals surface area contributed by atoms with Gasteiger partial charge in [0.25, 0.3) is 5.91 Å². The summed E-state index contributed by atoms with van der Waals surface area (Å²) >= 11 is 0. The van der Waals surface area contributed by atoms with Crippen molar-refractivity contribution < 1.29 is 22.7 Å². The number of rotatable bonds is 5. The smallest absolute Gasteiger partial charge is 0.379 e. The summed E-state index contributed by atoms with van der Waals surface area (Å²) < 4.78 is 43.4. The monoisotopic (exact) mass is 378 g/mol. The van der Waals surface area contributed by atoms with Crippen molar-refractivity contribution in [3.05, 3.63) is 71.3 Å². The van der Waals surface area contributed by atoms with Crippen molar-refractivity contribution in [3.8, 4) is 0 Å². The minimum Gasteiger partial charge on any atom is -0.379 e. The Morgan fingerprint density at radius 1 is 1.04 bits per heavy atom. The first-order valence-electron chi connectivity index (χ1n) is 8.76. The third-order valence-corrected chi connectivity index (χ3v) is 4.53. The van der Waals surface area contributed by atoms with Crippen LogP contribution in [0.5, 0.6) is 0 Å². The number of alkyl halides is 3. The van der Waals surface area contributed by atoms with E-state index in [1.54, 1.807) is 0 Å². The average molecular weight is 378 g/mol. The molecular formula is C20H21F3N2O2. The number of benzene rings is 2. The van der Waals surface area contributed by atoms with E-state index in [9.17, 15) is 18.0 Å². The molecule has 2 aromatic carbocycles. The third-order valence-electron chi connectivity index (χ3n) is 4.53. The second-order valence-corrected chi connectivity index (χ2v) is 6.42. The van der Waals surface area contributed by atoms with E-state index >= 15 is 0 Å². The van der Waals surface area contributed by atoms with E-state index in [0.717, 1.165) is 30.8 Å². The second-order valence-electron chi connectivity index (χ2n) is 6.42. The van der Waals surface area contributed by atoms with Crippen LogP contribution in [0.3, 0.4) is 0 Å². The molecule has 144 valence electrons. The molecule has 0 bridgehead atoms. The van der Waals surface area contributed by atoms with Gasteiger partial charge in [0.2, 0.25) is 0 Å². The Morgan fingerprint density at radius 2 is 1.67 bits per heavy atom. The number of halogens is 3. The molecular weight excluding hydrogens is 357 g/mol. The highest BCUT2D eigenvalue weighted by atomic mass is 19.4. The number of hydrogen-bond donors (Lipinski definition) is 1. The summed E-state index contributed by atoms with van der Waals surface area (Å²) in [6, 6.07) is 13.5. The molecule has 1 aliphatic heterocycles. The number of nitrogens with zero attached hydrogens (tertiary/aromatic N) is 1. The standard InChI is InChI=1S/C20H21F3N2O2/c21-20(22,23)17-8-6-16(7-9-17)19(26)24-18(15-4-2-1-3-5-15)14-25-10-12-27-13-11-25/h1-9,18H,10-14H2,(H,24,26)/t18-/m1/s1. The number of morpholine rings is 1. The first kappa shape index (κ1) is 19.4. The Kier molecular flexibility index (Phi) is 6.13. The van der Waals surface area contributed by atoms with Gasteiger partial charge in [-0.1, -0.05) is 30.3 Å². The van der Waals surface area contributed by atoms with Crippen molar-refractivity contribution >= 4 is 5.91 Å². The Hall–Kier alpha value is -2.38. The molecule has 0 radical (unpaired) electrons. The Balaban J connectivity index is 1.73. The minimum absolute atomic E-state index is 0.200. The van der Waals surface area contributed by atoms with Crippen LogP contribution in [0.4, 0.5) is 13.2 Å². The molecule has 1 aliphatic rings. The van der Waals surface area contributed by atoms with Gasteiger partial charge in [0.15, 0.2) is 0 Å². The molecule has 0 unspecified atom stereocenters. The van der Waals surface area contributed by atoms with E-state index in [-0.39, 0.29) is 11.6 Å². The Labute approximate surface area is 155 Å². The van der Waals surface area contributed by atoms with Crippen molar-refractivity contribution in [1.82, 2.24) is 10.2 Å². The highest BCUT2D eigenvalue weighted by Crippen LogP contribution is 2.29. The van der Waals surface area contributed by atoms with E-state index < -0.39 is 17.6 Å². The van der Waals surface area contributed by atoms with E-state index in [2.05, 4.69) is 10.2 Å². The van der Waals surface area contributed by atoms with Gasteiger partial charge in [0.05, 0.1) is 24.8 Å². The van der Waals surface area contributed by atoms with E-state index in [1.807, 2.05) is 30.3 Å². The topological polar surface area (TPSA) is 41.6 Å².